The van der Waals surface area contributed by atoms with Gasteiger partial charge in [-0.15, -0.1) is 0 Å². The molecular weight excluding hydrogens is 382 g/mol. The van der Waals surface area contributed by atoms with Crippen LogP contribution in [0, 0.1) is 0 Å². The molecule has 1 fully saturated rings. The zero-order valence-corrected chi connectivity index (χ0v) is 17.9. The second kappa shape index (κ2) is 7.39. The lowest BCUT2D eigenvalue weighted by Crippen LogP contribution is -2.28. The summed E-state index contributed by atoms with van der Waals surface area (Å²) < 4.78 is 28.8. The van der Waals surface area contributed by atoms with Gasteiger partial charge >= 0.3 is 0 Å². The van der Waals surface area contributed by atoms with Crippen LogP contribution in [0.1, 0.15) is 38.0 Å². The SMILES string of the molecule is CO/C(=N\S(=O)C(C)(C)C)[C@@]1(c2ccccc2)O[C@@H]1c1cccc2ccccc12. The second-order valence-electron chi connectivity index (χ2n) is 8.13. The maximum absolute atomic E-state index is 12.8. The van der Waals surface area contributed by atoms with Gasteiger partial charge in [0.15, 0.2) is 0 Å². The van der Waals surface area contributed by atoms with E-state index in [0.29, 0.717) is 5.90 Å². The van der Waals surface area contributed by atoms with Crippen molar-refractivity contribution in [3.63, 3.8) is 0 Å². The lowest BCUT2D eigenvalue weighted by molar-refractivity contribution is 0.296. The van der Waals surface area contributed by atoms with Crippen molar-refractivity contribution < 1.29 is 13.7 Å². The molecule has 1 aliphatic rings. The quantitative estimate of drug-likeness (QED) is 0.334. The molecule has 3 aromatic rings. The Morgan fingerprint density at radius 2 is 1.66 bits per heavy atom. The van der Waals surface area contributed by atoms with Crippen LogP contribution in [0.5, 0.6) is 0 Å². The highest BCUT2D eigenvalue weighted by Crippen LogP contribution is 2.59. The summed E-state index contributed by atoms with van der Waals surface area (Å²) in [5.74, 6) is 0.342. The van der Waals surface area contributed by atoms with Crippen molar-refractivity contribution in [2.45, 2.75) is 37.2 Å². The van der Waals surface area contributed by atoms with Crippen LogP contribution in [0.3, 0.4) is 0 Å². The van der Waals surface area contributed by atoms with Gasteiger partial charge in [0.2, 0.25) is 11.5 Å². The Morgan fingerprint density at radius 3 is 2.34 bits per heavy atom. The highest BCUT2D eigenvalue weighted by atomic mass is 32.2. The van der Waals surface area contributed by atoms with Crippen molar-refractivity contribution in [1.82, 2.24) is 0 Å². The molecule has 3 atom stereocenters. The molecule has 1 aliphatic heterocycles. The van der Waals surface area contributed by atoms with Gasteiger partial charge in [-0.2, -0.15) is 4.40 Å². The summed E-state index contributed by atoms with van der Waals surface area (Å²) in [5.41, 5.74) is 1.11. The molecule has 1 unspecified atom stereocenters. The zero-order chi connectivity index (χ0) is 20.6. The molecule has 1 heterocycles. The topological polar surface area (TPSA) is 51.2 Å². The van der Waals surface area contributed by atoms with E-state index in [0.717, 1.165) is 21.9 Å². The second-order valence-corrected chi connectivity index (χ2v) is 10.0. The molecule has 0 radical (unpaired) electrons. The molecule has 5 heteroatoms. The first-order valence-corrected chi connectivity index (χ1v) is 10.7. The largest absolute Gasteiger partial charge is 0.481 e. The number of epoxide rings is 1. The van der Waals surface area contributed by atoms with Crippen molar-refractivity contribution in [2.24, 2.45) is 4.40 Å². The summed E-state index contributed by atoms with van der Waals surface area (Å²) in [4.78, 5) is 0. The molecular formula is C24H25NO3S. The lowest BCUT2D eigenvalue weighted by Gasteiger charge is -2.19. The van der Waals surface area contributed by atoms with Crippen LogP contribution < -0.4 is 0 Å². The third-order valence-electron chi connectivity index (χ3n) is 5.12. The smallest absolute Gasteiger partial charge is 0.238 e. The van der Waals surface area contributed by atoms with E-state index >= 15 is 0 Å². The maximum atomic E-state index is 12.8. The van der Waals surface area contributed by atoms with Gasteiger partial charge < -0.3 is 9.47 Å². The van der Waals surface area contributed by atoms with Gasteiger partial charge in [-0.3, -0.25) is 0 Å². The van der Waals surface area contributed by atoms with Crippen molar-refractivity contribution in [2.75, 3.05) is 7.11 Å². The van der Waals surface area contributed by atoms with Crippen molar-refractivity contribution in [3.8, 4) is 0 Å². The molecule has 1 saturated heterocycles. The summed E-state index contributed by atoms with van der Waals surface area (Å²) >= 11 is 0. The highest BCUT2D eigenvalue weighted by Gasteiger charge is 2.64. The van der Waals surface area contributed by atoms with Crippen LogP contribution >= 0.6 is 0 Å². The Kier molecular flexibility index (Phi) is 5.05. The van der Waals surface area contributed by atoms with E-state index in [1.807, 2.05) is 69.3 Å². The molecule has 0 N–H and O–H groups in total. The van der Waals surface area contributed by atoms with Gasteiger partial charge in [0.25, 0.3) is 0 Å². The fourth-order valence-electron chi connectivity index (χ4n) is 3.57. The molecule has 3 aromatic carbocycles. The Hall–Kier alpha value is -2.50. The number of hydrogen-bond acceptors (Lipinski definition) is 3. The van der Waals surface area contributed by atoms with Gasteiger partial charge in [0.05, 0.1) is 11.9 Å². The minimum atomic E-state index is -1.46. The van der Waals surface area contributed by atoms with E-state index in [1.54, 1.807) is 7.11 Å². The summed E-state index contributed by atoms with van der Waals surface area (Å²) in [7, 11) is 0.0977. The predicted octanol–water partition coefficient (Wildman–Crippen LogP) is 5.31. The summed E-state index contributed by atoms with van der Waals surface area (Å²) in [6, 6.07) is 24.3. The molecule has 150 valence electrons. The van der Waals surface area contributed by atoms with E-state index in [2.05, 4.69) is 28.7 Å². The lowest BCUT2D eigenvalue weighted by atomic mass is 9.89. The number of hydrogen-bond donors (Lipinski definition) is 0. The van der Waals surface area contributed by atoms with Crippen LogP contribution in [-0.4, -0.2) is 22.0 Å². The first-order chi connectivity index (χ1) is 13.9. The standard InChI is InChI=1S/C24H25NO3S/c1-23(2,3)29(26)25-22(27-4)24(18-13-6-5-7-14-18)21(28-24)20-16-10-12-17-11-8-9-15-19(17)20/h5-16,21H,1-4H3/b25-22-/t21-,24+,29?/m1/s1. The number of rotatable bonds is 4. The van der Waals surface area contributed by atoms with Gasteiger partial charge in [-0.05, 0) is 42.7 Å². The third kappa shape index (κ3) is 3.49. The molecule has 0 aromatic heterocycles. The molecule has 0 saturated carbocycles. The van der Waals surface area contributed by atoms with Gasteiger partial charge in [0, 0.05) is 0 Å². The molecule has 0 aliphatic carbocycles. The highest BCUT2D eigenvalue weighted by molar-refractivity contribution is 7.85. The Balaban J connectivity index is 1.87. The molecule has 0 amide bonds. The predicted molar refractivity (Wildman–Crippen MR) is 118 cm³/mol. The van der Waals surface area contributed by atoms with Gasteiger partial charge in [-0.25, -0.2) is 4.21 Å². The fraction of sp³-hybridized carbons (Fsp3) is 0.292. The zero-order valence-electron chi connectivity index (χ0n) is 17.1. The van der Waals surface area contributed by atoms with E-state index in [1.165, 1.54) is 0 Å². The summed E-state index contributed by atoms with van der Waals surface area (Å²) in [5, 5.41) is 2.28. The van der Waals surface area contributed by atoms with E-state index in [-0.39, 0.29) is 6.10 Å². The maximum Gasteiger partial charge on any atom is 0.238 e. The Morgan fingerprint density at radius 1 is 1.00 bits per heavy atom. The summed E-state index contributed by atoms with van der Waals surface area (Å²) in [6.45, 7) is 5.68. The Bertz CT molecular complexity index is 1080. The molecule has 0 spiro atoms. The average Bonchev–Trinajstić information content (AvgIpc) is 3.47. The molecule has 0 bridgehead atoms. The number of benzene rings is 3. The van der Waals surface area contributed by atoms with Crippen LogP contribution in [0.15, 0.2) is 77.2 Å². The van der Waals surface area contributed by atoms with E-state index < -0.39 is 21.3 Å². The summed E-state index contributed by atoms with van der Waals surface area (Å²) in [6.07, 6.45) is -0.272. The van der Waals surface area contributed by atoms with E-state index in [9.17, 15) is 4.21 Å². The first kappa shape index (κ1) is 19.8. The Labute approximate surface area is 174 Å². The van der Waals surface area contributed by atoms with Crippen LogP contribution in [0.4, 0.5) is 0 Å². The van der Waals surface area contributed by atoms with Crippen molar-refractivity contribution in [1.29, 1.82) is 0 Å². The van der Waals surface area contributed by atoms with E-state index in [4.69, 9.17) is 9.47 Å². The van der Waals surface area contributed by atoms with Gasteiger partial charge in [0.1, 0.15) is 17.1 Å². The van der Waals surface area contributed by atoms with Crippen molar-refractivity contribution >= 4 is 27.7 Å². The van der Waals surface area contributed by atoms with Crippen LogP contribution in [0.2, 0.25) is 0 Å². The molecule has 4 nitrogen and oxygen atoms in total. The number of ether oxygens (including phenoxy) is 2. The monoisotopic (exact) mass is 407 g/mol. The molecule has 4 rings (SSSR count). The van der Waals surface area contributed by atoms with Crippen molar-refractivity contribution in [3.05, 3.63) is 83.9 Å². The fourth-order valence-corrected chi connectivity index (χ4v) is 4.21. The van der Waals surface area contributed by atoms with Crippen LogP contribution in [0.25, 0.3) is 10.8 Å². The number of nitrogens with zero attached hydrogens (tertiary/aromatic N) is 1. The minimum absolute atomic E-state index is 0.272. The van der Waals surface area contributed by atoms with Crippen LogP contribution in [-0.2, 0) is 26.1 Å². The number of fused-ring (bicyclic) bond motifs is 1. The molecule has 29 heavy (non-hydrogen) atoms. The average molecular weight is 408 g/mol. The van der Waals surface area contributed by atoms with Gasteiger partial charge in [-0.1, -0.05) is 72.8 Å². The third-order valence-corrected chi connectivity index (χ3v) is 6.50. The first-order valence-electron chi connectivity index (χ1n) is 9.64. The minimum Gasteiger partial charge on any atom is -0.481 e. The number of methoxy groups -OCH3 is 1. The normalized spacial score (nSPS) is 23.0.